The minimum Gasteiger partial charge on any atom is -0.454 e. The Kier molecular flexibility index (Phi) is 5.08. The molecule has 2 unspecified atom stereocenters. The van der Waals surface area contributed by atoms with Gasteiger partial charge in [-0.25, -0.2) is 0 Å². The van der Waals surface area contributed by atoms with Crippen LogP contribution in [0.2, 0.25) is 10.0 Å². The van der Waals surface area contributed by atoms with E-state index in [1.54, 1.807) is 41.3 Å². The summed E-state index contributed by atoms with van der Waals surface area (Å²) in [6, 6.07) is 10.2. The van der Waals surface area contributed by atoms with Crippen LogP contribution >= 0.6 is 23.2 Å². The van der Waals surface area contributed by atoms with Crippen molar-refractivity contribution in [2.24, 2.45) is 5.92 Å². The molecular formula is C20H18Cl2N2O4. The quantitative estimate of drug-likeness (QED) is 0.812. The number of fused-ring (bicyclic) bond motifs is 1. The molecule has 2 aliphatic heterocycles. The zero-order valence-electron chi connectivity index (χ0n) is 15.1. The number of amides is 2. The molecule has 0 aromatic heterocycles. The Hall–Kier alpha value is -2.44. The molecule has 2 aromatic rings. The van der Waals surface area contributed by atoms with Crippen LogP contribution in [0.3, 0.4) is 0 Å². The second kappa shape index (κ2) is 7.53. The molecule has 0 aliphatic carbocycles. The van der Waals surface area contributed by atoms with E-state index in [1.807, 2.05) is 6.92 Å². The van der Waals surface area contributed by atoms with E-state index in [0.29, 0.717) is 33.8 Å². The van der Waals surface area contributed by atoms with Crippen LogP contribution in [0.15, 0.2) is 36.4 Å². The lowest BCUT2D eigenvalue weighted by molar-refractivity contribution is -0.126. The van der Waals surface area contributed by atoms with Crippen molar-refractivity contribution in [3.63, 3.8) is 0 Å². The summed E-state index contributed by atoms with van der Waals surface area (Å²) in [6.07, 6.45) is 0.154. The maximum atomic E-state index is 12.7. The van der Waals surface area contributed by atoms with Crippen molar-refractivity contribution in [1.29, 1.82) is 0 Å². The van der Waals surface area contributed by atoms with Gasteiger partial charge in [0.05, 0.1) is 12.0 Å². The van der Waals surface area contributed by atoms with Gasteiger partial charge < -0.3 is 19.7 Å². The summed E-state index contributed by atoms with van der Waals surface area (Å²) in [5, 5.41) is 3.97. The number of hydrogen-bond acceptors (Lipinski definition) is 4. The Labute approximate surface area is 172 Å². The number of rotatable bonds is 4. The van der Waals surface area contributed by atoms with Crippen LogP contribution in [0.1, 0.15) is 24.9 Å². The molecule has 2 amide bonds. The minimum atomic E-state index is -0.438. The fourth-order valence-corrected chi connectivity index (χ4v) is 4.02. The SMILES string of the molecule is CC(NC(=O)C1CC(=O)N(c2ccc3c(c2)OCO3)C1)c1ccc(Cl)cc1Cl. The third kappa shape index (κ3) is 3.62. The van der Waals surface area contributed by atoms with Crippen molar-refractivity contribution in [2.45, 2.75) is 19.4 Å². The third-order valence-corrected chi connectivity index (χ3v) is 5.51. The lowest BCUT2D eigenvalue weighted by atomic mass is 10.0. The molecule has 2 heterocycles. The Balaban J connectivity index is 1.44. The number of carbonyl (C=O) groups excluding carboxylic acids is 2. The molecule has 8 heteroatoms. The van der Waals surface area contributed by atoms with E-state index in [4.69, 9.17) is 32.7 Å². The van der Waals surface area contributed by atoms with Crippen LogP contribution in [0.25, 0.3) is 0 Å². The number of nitrogens with zero attached hydrogens (tertiary/aromatic N) is 1. The zero-order valence-corrected chi connectivity index (χ0v) is 16.6. The van der Waals surface area contributed by atoms with Crippen molar-refractivity contribution < 1.29 is 19.1 Å². The lowest BCUT2D eigenvalue weighted by Gasteiger charge is -2.19. The predicted octanol–water partition coefficient (Wildman–Crippen LogP) is 3.95. The van der Waals surface area contributed by atoms with E-state index in [1.165, 1.54) is 0 Å². The number of carbonyl (C=O) groups is 2. The molecule has 2 atom stereocenters. The minimum absolute atomic E-state index is 0.101. The van der Waals surface area contributed by atoms with E-state index >= 15 is 0 Å². The van der Waals surface area contributed by atoms with Gasteiger partial charge in [-0.1, -0.05) is 29.3 Å². The molecule has 1 fully saturated rings. The first-order valence-electron chi connectivity index (χ1n) is 8.87. The molecule has 1 N–H and O–H groups in total. The standard InChI is InChI=1S/C20H18Cl2N2O4/c1-11(15-4-2-13(21)7-16(15)22)23-20(26)12-6-19(25)24(9-12)14-3-5-17-18(8-14)28-10-27-17/h2-5,7-8,11-12H,6,9-10H2,1H3,(H,23,26). The Morgan fingerprint density at radius 3 is 2.75 bits per heavy atom. The van der Waals surface area contributed by atoms with Gasteiger partial charge in [0.2, 0.25) is 18.6 Å². The first kappa shape index (κ1) is 18.9. The van der Waals surface area contributed by atoms with Crippen LogP contribution < -0.4 is 19.7 Å². The number of halogens is 2. The van der Waals surface area contributed by atoms with E-state index in [2.05, 4.69) is 5.32 Å². The highest BCUT2D eigenvalue weighted by molar-refractivity contribution is 6.35. The largest absolute Gasteiger partial charge is 0.454 e. The van der Waals surface area contributed by atoms with Crippen molar-refractivity contribution in [3.8, 4) is 11.5 Å². The van der Waals surface area contributed by atoms with Crippen molar-refractivity contribution in [1.82, 2.24) is 5.32 Å². The Bertz CT molecular complexity index is 950. The normalized spacial score (nSPS) is 19.0. The summed E-state index contributed by atoms with van der Waals surface area (Å²) in [7, 11) is 0. The van der Waals surface area contributed by atoms with Crippen molar-refractivity contribution in [2.75, 3.05) is 18.2 Å². The predicted molar refractivity (Wildman–Crippen MR) is 106 cm³/mol. The number of anilines is 1. The molecular weight excluding hydrogens is 403 g/mol. The Morgan fingerprint density at radius 2 is 1.96 bits per heavy atom. The number of nitrogens with one attached hydrogen (secondary N) is 1. The van der Waals surface area contributed by atoms with Gasteiger partial charge in [0.1, 0.15) is 0 Å². The van der Waals surface area contributed by atoms with Crippen LogP contribution in [0.4, 0.5) is 5.69 Å². The van der Waals surface area contributed by atoms with Crippen LogP contribution in [-0.2, 0) is 9.59 Å². The number of hydrogen-bond donors (Lipinski definition) is 1. The fourth-order valence-electron chi connectivity index (χ4n) is 3.45. The summed E-state index contributed by atoms with van der Waals surface area (Å²) in [5.74, 6) is 0.528. The lowest BCUT2D eigenvalue weighted by Crippen LogP contribution is -2.34. The van der Waals surface area contributed by atoms with Gasteiger partial charge in [0, 0.05) is 34.8 Å². The first-order chi connectivity index (χ1) is 13.4. The maximum Gasteiger partial charge on any atom is 0.231 e. The zero-order chi connectivity index (χ0) is 19.8. The molecule has 0 radical (unpaired) electrons. The summed E-state index contributed by atoms with van der Waals surface area (Å²) in [6.45, 7) is 2.33. The topological polar surface area (TPSA) is 67.9 Å². The first-order valence-corrected chi connectivity index (χ1v) is 9.63. The van der Waals surface area contributed by atoms with Gasteiger partial charge in [0.25, 0.3) is 0 Å². The second-order valence-electron chi connectivity index (χ2n) is 6.84. The summed E-state index contributed by atoms with van der Waals surface area (Å²) in [5.41, 5.74) is 1.47. The monoisotopic (exact) mass is 420 g/mol. The number of ether oxygens (including phenoxy) is 2. The van der Waals surface area contributed by atoms with Gasteiger partial charge in [-0.05, 0) is 36.8 Å². The molecule has 1 saturated heterocycles. The van der Waals surface area contributed by atoms with Gasteiger partial charge in [-0.15, -0.1) is 0 Å². The molecule has 6 nitrogen and oxygen atoms in total. The maximum absolute atomic E-state index is 12.7. The van der Waals surface area contributed by atoms with Gasteiger partial charge >= 0.3 is 0 Å². The Morgan fingerprint density at radius 1 is 1.18 bits per heavy atom. The van der Waals surface area contributed by atoms with E-state index in [-0.39, 0.29) is 31.1 Å². The second-order valence-corrected chi connectivity index (χ2v) is 7.68. The average molecular weight is 421 g/mol. The summed E-state index contributed by atoms with van der Waals surface area (Å²) < 4.78 is 10.7. The van der Waals surface area contributed by atoms with E-state index in [0.717, 1.165) is 5.56 Å². The van der Waals surface area contributed by atoms with Crippen LogP contribution in [-0.4, -0.2) is 25.2 Å². The molecule has 2 aromatic carbocycles. The molecule has 28 heavy (non-hydrogen) atoms. The molecule has 2 aliphatic rings. The fraction of sp³-hybridized carbons (Fsp3) is 0.300. The number of benzene rings is 2. The van der Waals surface area contributed by atoms with E-state index < -0.39 is 5.92 Å². The summed E-state index contributed by atoms with van der Waals surface area (Å²) >= 11 is 12.1. The van der Waals surface area contributed by atoms with Crippen molar-refractivity contribution in [3.05, 3.63) is 52.0 Å². The smallest absolute Gasteiger partial charge is 0.231 e. The van der Waals surface area contributed by atoms with Gasteiger partial charge in [-0.3, -0.25) is 9.59 Å². The molecule has 0 spiro atoms. The van der Waals surface area contributed by atoms with Crippen LogP contribution in [0.5, 0.6) is 11.5 Å². The van der Waals surface area contributed by atoms with Gasteiger partial charge in [-0.2, -0.15) is 0 Å². The summed E-state index contributed by atoms with van der Waals surface area (Å²) in [4.78, 5) is 26.8. The average Bonchev–Trinajstić information content (AvgIpc) is 3.27. The van der Waals surface area contributed by atoms with E-state index in [9.17, 15) is 9.59 Å². The molecule has 0 saturated carbocycles. The highest BCUT2D eigenvalue weighted by atomic mass is 35.5. The molecule has 146 valence electrons. The van der Waals surface area contributed by atoms with Gasteiger partial charge in [0.15, 0.2) is 11.5 Å². The third-order valence-electron chi connectivity index (χ3n) is 4.95. The highest BCUT2D eigenvalue weighted by Crippen LogP contribution is 2.37. The highest BCUT2D eigenvalue weighted by Gasteiger charge is 2.36. The molecule has 4 rings (SSSR count). The molecule has 0 bridgehead atoms. The van der Waals surface area contributed by atoms with Crippen LogP contribution in [0, 0.1) is 5.92 Å². The van der Waals surface area contributed by atoms with Crippen molar-refractivity contribution >= 4 is 40.7 Å².